The molecule has 0 saturated heterocycles. The van der Waals surface area contributed by atoms with Gasteiger partial charge in [-0.1, -0.05) is 30.3 Å². The van der Waals surface area contributed by atoms with Crippen LogP contribution in [0.4, 0.5) is 5.69 Å². The molecular formula is C25H20BrN3O2. The molecule has 1 amide bonds. The number of methoxy groups -OCH3 is 1. The average molecular weight is 474 g/mol. The maximum absolute atomic E-state index is 12.5. The van der Waals surface area contributed by atoms with Crippen molar-refractivity contribution >= 4 is 33.6 Å². The molecule has 0 aliphatic rings. The standard InChI is InChI=1S/C25H20BrN3O2/c1-31-21-14-11-18(12-15-21)25-19(17-29(28-25)20-7-3-2-4-8-20)13-16-24(30)27-23-10-6-5-9-22(23)26/h2-17H,1H3,(H,27,30). The summed E-state index contributed by atoms with van der Waals surface area (Å²) in [6.45, 7) is 0. The number of aromatic nitrogens is 2. The van der Waals surface area contributed by atoms with Gasteiger partial charge in [-0.05, 0) is 70.5 Å². The summed E-state index contributed by atoms with van der Waals surface area (Å²) in [6.07, 6.45) is 5.20. The number of hydrogen-bond donors (Lipinski definition) is 1. The van der Waals surface area contributed by atoms with Gasteiger partial charge in [0.05, 0.1) is 24.2 Å². The Labute approximate surface area is 189 Å². The number of carbonyl (C=O) groups is 1. The summed E-state index contributed by atoms with van der Waals surface area (Å²) in [5.74, 6) is 0.552. The lowest BCUT2D eigenvalue weighted by Crippen LogP contribution is -2.08. The predicted octanol–water partition coefficient (Wildman–Crippen LogP) is 5.96. The quantitative estimate of drug-likeness (QED) is 0.351. The van der Waals surface area contributed by atoms with Crippen LogP contribution in [0.1, 0.15) is 5.56 Å². The first-order chi connectivity index (χ1) is 15.1. The summed E-state index contributed by atoms with van der Waals surface area (Å²) in [7, 11) is 1.64. The summed E-state index contributed by atoms with van der Waals surface area (Å²) >= 11 is 3.44. The largest absolute Gasteiger partial charge is 0.497 e. The van der Waals surface area contributed by atoms with Gasteiger partial charge in [0.2, 0.25) is 5.91 Å². The van der Waals surface area contributed by atoms with Gasteiger partial charge in [0, 0.05) is 27.9 Å². The van der Waals surface area contributed by atoms with Crippen LogP contribution >= 0.6 is 15.9 Å². The molecule has 4 aromatic rings. The Balaban J connectivity index is 1.66. The Bertz CT molecular complexity index is 1220. The molecule has 0 spiro atoms. The lowest BCUT2D eigenvalue weighted by atomic mass is 10.1. The van der Waals surface area contributed by atoms with E-state index in [0.29, 0.717) is 5.69 Å². The van der Waals surface area contributed by atoms with Crippen molar-refractivity contribution in [2.75, 3.05) is 12.4 Å². The molecule has 31 heavy (non-hydrogen) atoms. The Morgan fingerprint density at radius 1 is 1.00 bits per heavy atom. The number of anilines is 1. The van der Waals surface area contributed by atoms with Crippen molar-refractivity contribution < 1.29 is 9.53 Å². The summed E-state index contributed by atoms with van der Waals surface area (Å²) in [5, 5.41) is 7.64. The molecule has 0 radical (unpaired) electrons. The van der Waals surface area contributed by atoms with Gasteiger partial charge in [0.1, 0.15) is 5.75 Å². The van der Waals surface area contributed by atoms with Crippen LogP contribution in [0.2, 0.25) is 0 Å². The van der Waals surface area contributed by atoms with Crippen molar-refractivity contribution in [1.29, 1.82) is 0 Å². The number of nitrogens with one attached hydrogen (secondary N) is 1. The molecule has 154 valence electrons. The fourth-order valence-electron chi connectivity index (χ4n) is 3.10. The van der Waals surface area contributed by atoms with Gasteiger partial charge in [0.15, 0.2) is 0 Å². The predicted molar refractivity (Wildman–Crippen MR) is 127 cm³/mol. The van der Waals surface area contributed by atoms with Crippen LogP contribution in [0, 0.1) is 0 Å². The van der Waals surface area contributed by atoms with Crippen LogP contribution in [0.15, 0.2) is 95.6 Å². The van der Waals surface area contributed by atoms with E-state index in [9.17, 15) is 4.79 Å². The van der Waals surface area contributed by atoms with Crippen molar-refractivity contribution in [1.82, 2.24) is 9.78 Å². The lowest BCUT2D eigenvalue weighted by molar-refractivity contribution is -0.111. The first kappa shape index (κ1) is 20.6. The molecule has 3 aromatic carbocycles. The highest BCUT2D eigenvalue weighted by molar-refractivity contribution is 9.10. The summed E-state index contributed by atoms with van der Waals surface area (Å²) in [4.78, 5) is 12.5. The molecule has 0 aliphatic heterocycles. The minimum atomic E-state index is -0.222. The minimum Gasteiger partial charge on any atom is -0.497 e. The van der Waals surface area contributed by atoms with E-state index in [-0.39, 0.29) is 5.91 Å². The third-order valence-corrected chi connectivity index (χ3v) is 5.36. The molecule has 0 fully saturated rings. The molecule has 0 aliphatic carbocycles. The topological polar surface area (TPSA) is 56.2 Å². The van der Waals surface area contributed by atoms with E-state index in [1.54, 1.807) is 13.2 Å². The number of ether oxygens (including phenoxy) is 1. The van der Waals surface area contributed by atoms with Gasteiger partial charge in [-0.25, -0.2) is 4.68 Å². The van der Waals surface area contributed by atoms with Crippen LogP contribution < -0.4 is 10.1 Å². The molecule has 0 saturated carbocycles. The van der Waals surface area contributed by atoms with E-state index in [1.807, 2.05) is 89.7 Å². The lowest BCUT2D eigenvalue weighted by Gasteiger charge is -2.04. The van der Waals surface area contributed by atoms with E-state index in [1.165, 1.54) is 6.08 Å². The number of amides is 1. The first-order valence-corrected chi connectivity index (χ1v) is 10.5. The highest BCUT2D eigenvalue weighted by Crippen LogP contribution is 2.27. The first-order valence-electron chi connectivity index (χ1n) is 9.67. The third-order valence-electron chi connectivity index (χ3n) is 4.67. The second-order valence-electron chi connectivity index (χ2n) is 6.74. The smallest absolute Gasteiger partial charge is 0.248 e. The molecule has 1 N–H and O–H groups in total. The SMILES string of the molecule is COc1ccc(-c2nn(-c3ccccc3)cc2C=CC(=O)Nc2ccccc2Br)cc1. The van der Waals surface area contributed by atoms with E-state index < -0.39 is 0 Å². The number of rotatable bonds is 6. The highest BCUT2D eigenvalue weighted by Gasteiger charge is 2.11. The molecule has 1 heterocycles. The third kappa shape index (κ3) is 4.92. The monoisotopic (exact) mass is 473 g/mol. The molecule has 4 rings (SSSR count). The van der Waals surface area contributed by atoms with E-state index in [2.05, 4.69) is 21.2 Å². The zero-order valence-corrected chi connectivity index (χ0v) is 18.4. The van der Waals surface area contributed by atoms with Crippen molar-refractivity contribution in [2.45, 2.75) is 0 Å². The molecule has 0 unspecified atom stereocenters. The van der Waals surface area contributed by atoms with Crippen LogP contribution in [-0.2, 0) is 4.79 Å². The van der Waals surface area contributed by atoms with Crippen LogP contribution in [0.5, 0.6) is 5.75 Å². The fraction of sp³-hybridized carbons (Fsp3) is 0.0400. The second-order valence-corrected chi connectivity index (χ2v) is 7.60. The Morgan fingerprint density at radius 2 is 1.71 bits per heavy atom. The van der Waals surface area contributed by atoms with Gasteiger partial charge in [0.25, 0.3) is 0 Å². The van der Waals surface area contributed by atoms with Crippen molar-refractivity contribution in [2.24, 2.45) is 0 Å². The van der Waals surface area contributed by atoms with Crippen molar-refractivity contribution in [3.05, 3.63) is 101 Å². The summed E-state index contributed by atoms with van der Waals surface area (Å²) in [6, 6.07) is 25.0. The molecular weight excluding hydrogens is 454 g/mol. The van der Waals surface area contributed by atoms with E-state index >= 15 is 0 Å². The number of halogens is 1. The Hall–Kier alpha value is -3.64. The average Bonchev–Trinajstić information content (AvgIpc) is 3.24. The molecule has 1 aromatic heterocycles. The number of benzene rings is 3. The summed E-state index contributed by atoms with van der Waals surface area (Å²) < 4.78 is 7.90. The number of carbonyl (C=O) groups excluding carboxylic acids is 1. The number of nitrogens with zero attached hydrogens (tertiary/aromatic N) is 2. The fourth-order valence-corrected chi connectivity index (χ4v) is 3.48. The molecule has 6 heteroatoms. The zero-order valence-electron chi connectivity index (χ0n) is 16.8. The van der Waals surface area contributed by atoms with E-state index in [4.69, 9.17) is 9.84 Å². The van der Waals surface area contributed by atoms with Crippen LogP contribution in [-0.4, -0.2) is 22.8 Å². The molecule has 0 atom stereocenters. The van der Waals surface area contributed by atoms with Gasteiger partial charge in [-0.3, -0.25) is 4.79 Å². The van der Waals surface area contributed by atoms with Crippen LogP contribution in [0.25, 0.3) is 23.0 Å². The van der Waals surface area contributed by atoms with Crippen molar-refractivity contribution in [3.63, 3.8) is 0 Å². The maximum Gasteiger partial charge on any atom is 0.248 e. The normalized spacial score (nSPS) is 10.9. The van der Waals surface area contributed by atoms with Crippen molar-refractivity contribution in [3.8, 4) is 22.7 Å². The number of para-hydroxylation sites is 2. The highest BCUT2D eigenvalue weighted by atomic mass is 79.9. The van der Waals surface area contributed by atoms with E-state index in [0.717, 1.165) is 32.7 Å². The van der Waals surface area contributed by atoms with Gasteiger partial charge in [-0.2, -0.15) is 5.10 Å². The summed E-state index contributed by atoms with van der Waals surface area (Å²) in [5.41, 5.74) is 4.19. The molecule has 5 nitrogen and oxygen atoms in total. The van der Waals surface area contributed by atoms with Gasteiger partial charge in [-0.15, -0.1) is 0 Å². The maximum atomic E-state index is 12.5. The molecule has 0 bridgehead atoms. The van der Waals surface area contributed by atoms with Gasteiger partial charge >= 0.3 is 0 Å². The Morgan fingerprint density at radius 3 is 2.42 bits per heavy atom. The van der Waals surface area contributed by atoms with Crippen LogP contribution in [0.3, 0.4) is 0 Å². The Kier molecular flexibility index (Phi) is 6.29. The van der Waals surface area contributed by atoms with Gasteiger partial charge < -0.3 is 10.1 Å². The minimum absolute atomic E-state index is 0.222. The zero-order chi connectivity index (χ0) is 21.6. The second kappa shape index (κ2) is 9.45. The number of hydrogen-bond acceptors (Lipinski definition) is 3.